The molecule has 0 spiro atoms. The van der Waals surface area contributed by atoms with Gasteiger partial charge in [-0.05, 0) is 72.1 Å². The van der Waals surface area contributed by atoms with Crippen LogP contribution >= 0.6 is 0 Å². The van der Waals surface area contributed by atoms with E-state index in [0.29, 0.717) is 31.6 Å². The van der Waals surface area contributed by atoms with E-state index in [1.807, 2.05) is 18.2 Å². The summed E-state index contributed by atoms with van der Waals surface area (Å²) in [5, 5.41) is 24.3. The van der Waals surface area contributed by atoms with Crippen molar-refractivity contribution in [2.45, 2.75) is 102 Å². The van der Waals surface area contributed by atoms with Crippen LogP contribution in [0.5, 0.6) is 11.5 Å². The van der Waals surface area contributed by atoms with Crippen molar-refractivity contribution in [2.75, 3.05) is 19.8 Å². The highest BCUT2D eigenvalue weighted by atomic mass is 16.5. The van der Waals surface area contributed by atoms with Gasteiger partial charge in [0.1, 0.15) is 5.78 Å². The van der Waals surface area contributed by atoms with Gasteiger partial charge in [0, 0.05) is 42.8 Å². The summed E-state index contributed by atoms with van der Waals surface area (Å²) in [7, 11) is 0. The lowest BCUT2D eigenvalue weighted by atomic mass is 9.70. The number of aliphatic hydroxyl groups is 1. The maximum atomic E-state index is 12.5. The molecule has 0 radical (unpaired) electrons. The minimum Gasteiger partial charge on any atom is -0.504 e. The normalized spacial score (nSPS) is 17.5. The fourth-order valence-electron chi connectivity index (χ4n) is 7.81. The predicted octanol–water partition coefficient (Wildman–Crippen LogP) is 7.40. The van der Waals surface area contributed by atoms with Gasteiger partial charge in [-0.3, -0.25) is 15.1 Å². The zero-order valence-electron chi connectivity index (χ0n) is 30.0. The summed E-state index contributed by atoms with van der Waals surface area (Å²) in [5.74, 6) is 0.518. The number of nitrogens with two attached hydrogens (primary N) is 1. The lowest BCUT2D eigenvalue weighted by molar-refractivity contribution is -0.121. The number of phenols is 1. The molecule has 1 aliphatic carbocycles. The largest absolute Gasteiger partial charge is 0.504 e. The van der Waals surface area contributed by atoms with Crippen LogP contribution in [0.4, 0.5) is 0 Å². The van der Waals surface area contributed by atoms with Gasteiger partial charge >= 0.3 is 0 Å². The van der Waals surface area contributed by atoms with Gasteiger partial charge in [-0.25, -0.2) is 0 Å². The molecule has 0 bridgehead atoms. The quantitative estimate of drug-likeness (QED) is 0.0764. The number of aryl methyl sites for hydroxylation is 1. The number of phenolic OH excluding ortho intramolecular Hbond substituents is 1. The third kappa shape index (κ3) is 9.17. The molecule has 3 aromatic carbocycles. The van der Waals surface area contributed by atoms with Crippen molar-refractivity contribution in [3.8, 4) is 11.5 Å². The zero-order valence-corrected chi connectivity index (χ0v) is 30.0. The number of hydrogen-bond acceptors (Lipinski definition) is 8. The molecule has 1 saturated carbocycles. The molecule has 0 aromatic heterocycles. The number of aromatic hydroxyl groups is 1. The number of nitrogens with zero attached hydrogens (tertiary/aromatic N) is 2. The number of unbranched alkanes of at least 4 members (excludes halogenated alkanes) is 2. The number of aliphatic imine (C=N–C) groups is 1. The van der Waals surface area contributed by atoms with Crippen LogP contribution in [0.2, 0.25) is 0 Å². The molecule has 2 heterocycles. The lowest BCUT2D eigenvalue weighted by Crippen LogP contribution is -2.31. The molecular formula is C43H54N4O4. The second-order valence-electron chi connectivity index (χ2n) is 14.5. The molecule has 0 unspecified atom stereocenters. The highest BCUT2D eigenvalue weighted by Gasteiger charge is 2.44. The average Bonchev–Trinajstić information content (AvgIpc) is 3.89. The summed E-state index contributed by atoms with van der Waals surface area (Å²) in [6, 6.07) is 24.5. The number of fused-ring (bicyclic) bond motifs is 1. The summed E-state index contributed by atoms with van der Waals surface area (Å²) in [6.07, 6.45) is 13.7. The molecule has 3 aromatic rings. The Morgan fingerprint density at radius 1 is 1.02 bits per heavy atom. The number of carbonyl (C=O) groups is 1. The van der Waals surface area contributed by atoms with Gasteiger partial charge < -0.3 is 25.6 Å². The van der Waals surface area contributed by atoms with Crippen LogP contribution in [-0.4, -0.2) is 52.5 Å². The Morgan fingerprint density at radius 2 is 1.84 bits per heavy atom. The van der Waals surface area contributed by atoms with Gasteiger partial charge in [-0.15, -0.1) is 0 Å². The molecule has 270 valence electrons. The second-order valence-corrected chi connectivity index (χ2v) is 14.5. The van der Waals surface area contributed by atoms with Crippen LogP contribution in [-0.2, 0) is 23.1 Å². The Morgan fingerprint density at radius 3 is 2.65 bits per heavy atom. The number of aliphatic hydroxyl groups excluding tert-OH is 1. The van der Waals surface area contributed by atoms with Crippen molar-refractivity contribution in [3.05, 3.63) is 119 Å². The molecule has 2 atom stereocenters. The Bertz CT molecular complexity index is 1730. The number of hydrogen-bond donors (Lipinski definition) is 4. The van der Waals surface area contributed by atoms with Crippen LogP contribution in [0, 0.1) is 0 Å². The van der Waals surface area contributed by atoms with Crippen LogP contribution in [0.15, 0.2) is 101 Å². The number of ether oxygens (including phenoxy) is 1. The lowest BCUT2D eigenvalue weighted by Gasteiger charge is -2.32. The first-order valence-corrected chi connectivity index (χ1v) is 18.9. The SMILES string of the molecule is CCCCC[C@@H](O)CC(=O)CCc1ccc(O)c(OCN2C=C3C(C4(c5cccc([C@H](N)NCCc6ccccc6)c5)CCCC4)=CN=C3C2)c1. The summed E-state index contributed by atoms with van der Waals surface area (Å²) in [5.41, 5.74) is 14.6. The topological polar surface area (TPSA) is 120 Å². The van der Waals surface area contributed by atoms with Crippen molar-refractivity contribution < 1.29 is 19.7 Å². The van der Waals surface area contributed by atoms with Gasteiger partial charge in [0.2, 0.25) is 0 Å². The van der Waals surface area contributed by atoms with E-state index in [1.54, 1.807) is 6.07 Å². The standard InChI is InChI=1S/C43H54N4O4/c1-2-3-5-15-35(48)26-36(49)18-16-32-17-19-40(50)41(24-32)51-30-47-28-37-38(27-46-39(37)29-47)43(21-8-9-22-43)34-14-10-13-33(25-34)42(44)45-23-20-31-11-6-4-7-12-31/h4,6-7,10-14,17,19,24-25,27-28,35,42,45,48,50H,2-3,5,8-9,15-16,18,20-23,26,29-30,44H2,1H3/t35-,42-/m1/s1. The molecule has 0 saturated heterocycles. The molecular weight excluding hydrogens is 636 g/mol. The fourth-order valence-corrected chi connectivity index (χ4v) is 7.81. The molecule has 0 amide bonds. The number of ketones is 1. The number of carbonyl (C=O) groups excluding carboxylic acids is 1. The number of Topliss-reactive ketones (excluding diaryl/α,β-unsaturated/α-hetero) is 1. The van der Waals surface area contributed by atoms with E-state index in [4.69, 9.17) is 15.5 Å². The molecule has 5 N–H and O–H groups in total. The Labute approximate surface area is 303 Å². The van der Waals surface area contributed by atoms with E-state index in [0.717, 1.165) is 61.9 Å². The fraction of sp³-hybridized carbons (Fsp3) is 0.442. The van der Waals surface area contributed by atoms with Crippen LogP contribution < -0.4 is 15.8 Å². The minimum absolute atomic E-state index is 0.0551. The minimum atomic E-state index is -0.568. The van der Waals surface area contributed by atoms with E-state index in [1.165, 1.54) is 35.1 Å². The molecule has 1 fully saturated rings. The van der Waals surface area contributed by atoms with Gasteiger partial charge in [0.25, 0.3) is 0 Å². The Hall–Kier alpha value is -4.24. The summed E-state index contributed by atoms with van der Waals surface area (Å²) in [6.45, 7) is 3.83. The molecule has 6 rings (SSSR count). The van der Waals surface area contributed by atoms with Crippen molar-refractivity contribution in [3.63, 3.8) is 0 Å². The zero-order chi connectivity index (χ0) is 35.6. The van der Waals surface area contributed by atoms with Crippen LogP contribution in [0.3, 0.4) is 0 Å². The van der Waals surface area contributed by atoms with Gasteiger partial charge in [0.15, 0.2) is 18.2 Å². The molecule has 3 aliphatic rings. The Kier molecular flexibility index (Phi) is 12.4. The first kappa shape index (κ1) is 36.5. The van der Waals surface area contributed by atoms with Crippen molar-refractivity contribution >= 4 is 11.5 Å². The number of allylic oxidation sites excluding steroid dienone is 1. The number of rotatable bonds is 19. The average molecular weight is 691 g/mol. The molecule has 8 nitrogen and oxygen atoms in total. The van der Waals surface area contributed by atoms with Crippen LogP contribution in [0.25, 0.3) is 0 Å². The smallest absolute Gasteiger partial charge is 0.163 e. The van der Waals surface area contributed by atoms with E-state index < -0.39 is 6.10 Å². The van der Waals surface area contributed by atoms with Crippen molar-refractivity contribution in [1.29, 1.82) is 0 Å². The monoisotopic (exact) mass is 690 g/mol. The summed E-state index contributed by atoms with van der Waals surface area (Å²) in [4.78, 5) is 19.5. The van der Waals surface area contributed by atoms with Gasteiger partial charge in [0.05, 0.1) is 24.5 Å². The maximum absolute atomic E-state index is 12.5. The first-order chi connectivity index (χ1) is 24.8. The third-order valence-electron chi connectivity index (χ3n) is 10.7. The van der Waals surface area contributed by atoms with Crippen molar-refractivity contribution in [2.24, 2.45) is 10.7 Å². The molecule has 8 heteroatoms. The number of nitrogens with one attached hydrogen (secondary N) is 1. The number of benzene rings is 3. The van der Waals surface area contributed by atoms with Crippen molar-refractivity contribution in [1.82, 2.24) is 10.2 Å². The highest BCUT2D eigenvalue weighted by Crippen LogP contribution is 2.51. The first-order valence-electron chi connectivity index (χ1n) is 18.9. The summed E-state index contributed by atoms with van der Waals surface area (Å²) >= 11 is 0. The molecule has 51 heavy (non-hydrogen) atoms. The predicted molar refractivity (Wildman–Crippen MR) is 204 cm³/mol. The van der Waals surface area contributed by atoms with Gasteiger partial charge in [-0.2, -0.15) is 0 Å². The van der Waals surface area contributed by atoms with Gasteiger partial charge in [-0.1, -0.05) is 99.7 Å². The third-order valence-corrected chi connectivity index (χ3v) is 10.7. The van der Waals surface area contributed by atoms with E-state index in [9.17, 15) is 15.0 Å². The van der Waals surface area contributed by atoms with E-state index in [-0.39, 0.29) is 36.3 Å². The Balaban J connectivity index is 1.07. The second kappa shape index (κ2) is 17.3. The van der Waals surface area contributed by atoms with Crippen LogP contribution in [0.1, 0.15) is 99.6 Å². The van der Waals surface area contributed by atoms with E-state index >= 15 is 0 Å². The summed E-state index contributed by atoms with van der Waals surface area (Å²) < 4.78 is 6.14. The molecule has 2 aliphatic heterocycles. The van der Waals surface area contributed by atoms with E-state index in [2.05, 4.69) is 78.1 Å². The maximum Gasteiger partial charge on any atom is 0.163 e. The highest BCUT2D eigenvalue weighted by molar-refractivity contribution is 6.10.